The minimum atomic E-state index is -0.247. The van der Waals surface area contributed by atoms with Crippen molar-refractivity contribution in [3.63, 3.8) is 0 Å². The third kappa shape index (κ3) is 2.95. The molecule has 0 amide bonds. The summed E-state index contributed by atoms with van der Waals surface area (Å²) in [6.07, 6.45) is 2.55. The molecule has 104 valence electrons. The lowest BCUT2D eigenvalue weighted by molar-refractivity contribution is 0.588. The summed E-state index contributed by atoms with van der Waals surface area (Å²) >= 11 is 0. The Morgan fingerprint density at radius 3 is 1.95 bits per heavy atom. The number of nitrogens with one attached hydrogen (secondary N) is 1. The Hall–Kier alpha value is -1.17. The van der Waals surface area contributed by atoms with E-state index in [4.69, 9.17) is 0 Å². The van der Waals surface area contributed by atoms with Gasteiger partial charge in [0.1, 0.15) is 0 Å². The zero-order valence-corrected chi connectivity index (χ0v) is 12.9. The molecule has 1 saturated heterocycles. The van der Waals surface area contributed by atoms with Crippen molar-refractivity contribution in [2.45, 2.75) is 31.5 Å². The highest BCUT2D eigenvalue weighted by Gasteiger charge is 2.31. The second-order valence-electron chi connectivity index (χ2n) is 5.44. The first-order valence-electron chi connectivity index (χ1n) is 7.51. The molecule has 2 aromatic carbocycles. The molecule has 2 heteroatoms. The highest BCUT2D eigenvalue weighted by molar-refractivity contribution is 7.73. The van der Waals surface area contributed by atoms with Crippen LogP contribution in [0.2, 0.25) is 0 Å². The maximum atomic E-state index is 3.69. The monoisotopic (exact) mass is 283 g/mol. The largest absolute Gasteiger partial charge is 0.313 e. The Kier molecular flexibility index (Phi) is 4.50. The summed E-state index contributed by atoms with van der Waals surface area (Å²) in [5, 5.41) is 6.72. The van der Waals surface area contributed by atoms with E-state index in [9.17, 15) is 0 Å². The standard InChI is InChI=1S/C18H22NP/c1-2-15-13-18(14-19-15)20(16-9-5-3-6-10-16)17-11-7-4-8-12-17/h3-12,15,18-19H,2,13-14H2,1H3. The van der Waals surface area contributed by atoms with Crippen LogP contribution in [0.25, 0.3) is 0 Å². The van der Waals surface area contributed by atoms with Gasteiger partial charge in [0.2, 0.25) is 0 Å². The second-order valence-corrected chi connectivity index (χ2v) is 7.95. The van der Waals surface area contributed by atoms with E-state index >= 15 is 0 Å². The van der Waals surface area contributed by atoms with Crippen molar-refractivity contribution in [1.29, 1.82) is 0 Å². The van der Waals surface area contributed by atoms with E-state index in [1.807, 2.05) is 0 Å². The van der Waals surface area contributed by atoms with Crippen LogP contribution in [-0.4, -0.2) is 18.2 Å². The fourth-order valence-corrected chi connectivity index (χ4v) is 5.93. The van der Waals surface area contributed by atoms with Gasteiger partial charge in [-0.15, -0.1) is 0 Å². The molecule has 1 heterocycles. The van der Waals surface area contributed by atoms with Gasteiger partial charge in [0.15, 0.2) is 0 Å². The summed E-state index contributed by atoms with van der Waals surface area (Å²) in [7, 11) is -0.247. The van der Waals surface area contributed by atoms with Crippen molar-refractivity contribution in [2.75, 3.05) is 6.54 Å². The van der Waals surface area contributed by atoms with E-state index in [0.29, 0.717) is 6.04 Å². The van der Waals surface area contributed by atoms with Crippen LogP contribution in [0.4, 0.5) is 0 Å². The molecule has 2 aromatic rings. The molecule has 1 aliphatic rings. The van der Waals surface area contributed by atoms with Crippen molar-refractivity contribution in [1.82, 2.24) is 5.32 Å². The van der Waals surface area contributed by atoms with Gasteiger partial charge in [0.05, 0.1) is 0 Å². The van der Waals surface area contributed by atoms with Crippen molar-refractivity contribution in [2.24, 2.45) is 0 Å². The van der Waals surface area contributed by atoms with Crippen molar-refractivity contribution in [3.05, 3.63) is 60.7 Å². The molecule has 3 rings (SSSR count). The molecule has 0 saturated carbocycles. The van der Waals surface area contributed by atoms with Crippen molar-refractivity contribution in [3.8, 4) is 0 Å². The average molecular weight is 283 g/mol. The van der Waals surface area contributed by atoms with Gasteiger partial charge >= 0.3 is 0 Å². The van der Waals surface area contributed by atoms with E-state index < -0.39 is 0 Å². The van der Waals surface area contributed by atoms with Crippen LogP contribution >= 0.6 is 7.92 Å². The molecule has 1 aliphatic heterocycles. The molecule has 1 N–H and O–H groups in total. The fraction of sp³-hybridized carbons (Fsp3) is 0.333. The first-order chi connectivity index (χ1) is 9.88. The summed E-state index contributed by atoms with van der Waals surface area (Å²) in [5.74, 6) is 0. The van der Waals surface area contributed by atoms with Crippen LogP contribution < -0.4 is 15.9 Å². The molecule has 0 spiro atoms. The van der Waals surface area contributed by atoms with Gasteiger partial charge in [-0.25, -0.2) is 0 Å². The first kappa shape index (κ1) is 13.8. The average Bonchev–Trinajstić information content (AvgIpc) is 2.98. The maximum absolute atomic E-state index is 3.69. The summed E-state index contributed by atoms with van der Waals surface area (Å²) in [6, 6.07) is 22.8. The summed E-state index contributed by atoms with van der Waals surface area (Å²) in [5.41, 5.74) is 0.764. The molecule has 0 bridgehead atoms. The van der Waals surface area contributed by atoms with Gasteiger partial charge in [0, 0.05) is 18.2 Å². The van der Waals surface area contributed by atoms with Gasteiger partial charge in [-0.05, 0) is 31.4 Å². The Balaban J connectivity index is 1.93. The molecule has 1 nitrogen and oxygen atoms in total. The van der Waals surface area contributed by atoms with Crippen LogP contribution in [0, 0.1) is 0 Å². The summed E-state index contributed by atoms with van der Waals surface area (Å²) < 4.78 is 0. The zero-order chi connectivity index (χ0) is 13.8. The summed E-state index contributed by atoms with van der Waals surface area (Å²) in [6.45, 7) is 3.45. The third-order valence-electron chi connectivity index (χ3n) is 4.13. The normalized spacial score (nSPS) is 22.3. The van der Waals surface area contributed by atoms with Crippen LogP contribution in [0.3, 0.4) is 0 Å². The van der Waals surface area contributed by atoms with E-state index in [0.717, 1.165) is 12.2 Å². The van der Waals surface area contributed by atoms with E-state index in [-0.39, 0.29) is 7.92 Å². The lowest BCUT2D eigenvalue weighted by Crippen LogP contribution is -2.23. The molecular formula is C18H22NP. The minimum absolute atomic E-state index is 0.247. The molecular weight excluding hydrogens is 261 g/mol. The lowest BCUT2D eigenvalue weighted by Gasteiger charge is -2.25. The maximum Gasteiger partial charge on any atom is 0.00714 e. The Bertz CT molecular complexity index is 486. The predicted octanol–water partition coefficient (Wildman–Crippen LogP) is 3.26. The van der Waals surface area contributed by atoms with Gasteiger partial charge in [-0.2, -0.15) is 0 Å². The van der Waals surface area contributed by atoms with Gasteiger partial charge < -0.3 is 5.32 Å². The van der Waals surface area contributed by atoms with Crippen LogP contribution in [-0.2, 0) is 0 Å². The van der Waals surface area contributed by atoms with E-state index in [1.165, 1.54) is 23.5 Å². The van der Waals surface area contributed by atoms with Crippen LogP contribution in [0.15, 0.2) is 60.7 Å². The Morgan fingerprint density at radius 1 is 0.950 bits per heavy atom. The lowest BCUT2D eigenvalue weighted by atomic mass is 10.2. The number of benzene rings is 2. The van der Waals surface area contributed by atoms with Crippen LogP contribution in [0.5, 0.6) is 0 Å². The highest BCUT2D eigenvalue weighted by Crippen LogP contribution is 2.43. The number of rotatable bonds is 4. The highest BCUT2D eigenvalue weighted by atomic mass is 31.1. The SMILES string of the molecule is CCC1CC(P(c2ccccc2)c2ccccc2)CN1. The van der Waals surface area contributed by atoms with Gasteiger partial charge in [-0.1, -0.05) is 67.6 Å². The Labute approximate surface area is 123 Å². The molecule has 1 fully saturated rings. The second kappa shape index (κ2) is 6.52. The topological polar surface area (TPSA) is 12.0 Å². The molecule has 2 unspecified atom stereocenters. The van der Waals surface area contributed by atoms with Crippen molar-refractivity contribution >= 4 is 18.5 Å². The van der Waals surface area contributed by atoms with Crippen molar-refractivity contribution < 1.29 is 0 Å². The molecule has 20 heavy (non-hydrogen) atoms. The molecule has 2 atom stereocenters. The first-order valence-corrected chi connectivity index (χ1v) is 8.92. The van der Waals surface area contributed by atoms with E-state index in [1.54, 1.807) is 0 Å². The van der Waals surface area contributed by atoms with Gasteiger partial charge in [-0.3, -0.25) is 0 Å². The number of hydrogen-bond acceptors (Lipinski definition) is 1. The quantitative estimate of drug-likeness (QED) is 0.849. The van der Waals surface area contributed by atoms with Crippen LogP contribution in [0.1, 0.15) is 19.8 Å². The molecule has 0 radical (unpaired) electrons. The smallest absolute Gasteiger partial charge is 0.00714 e. The molecule has 0 aliphatic carbocycles. The van der Waals surface area contributed by atoms with E-state index in [2.05, 4.69) is 72.9 Å². The third-order valence-corrected chi connectivity index (χ3v) is 6.96. The predicted molar refractivity (Wildman–Crippen MR) is 89.6 cm³/mol. The summed E-state index contributed by atoms with van der Waals surface area (Å²) in [4.78, 5) is 0. The molecule has 0 aromatic heterocycles. The fourth-order valence-electron chi connectivity index (χ4n) is 3.05. The number of hydrogen-bond donors (Lipinski definition) is 1. The Morgan fingerprint density at radius 2 is 1.50 bits per heavy atom. The zero-order valence-electron chi connectivity index (χ0n) is 12.0. The van der Waals surface area contributed by atoms with Gasteiger partial charge in [0.25, 0.3) is 0 Å². The minimum Gasteiger partial charge on any atom is -0.313 e.